The predicted octanol–water partition coefficient (Wildman–Crippen LogP) is 2.38. The summed E-state index contributed by atoms with van der Waals surface area (Å²) in [5.41, 5.74) is 1.66. The molecule has 0 amide bonds. The van der Waals surface area contributed by atoms with E-state index in [1.807, 2.05) is 0 Å². The van der Waals surface area contributed by atoms with E-state index < -0.39 is 0 Å². The normalized spacial score (nSPS) is 18.8. The first-order chi connectivity index (χ1) is 7.37. The van der Waals surface area contributed by atoms with Crippen molar-refractivity contribution >= 4 is 12.4 Å². The van der Waals surface area contributed by atoms with E-state index in [-0.39, 0.29) is 17.8 Å². The molecule has 1 aromatic carbocycles. The van der Waals surface area contributed by atoms with Gasteiger partial charge in [-0.1, -0.05) is 30.3 Å². The van der Waals surface area contributed by atoms with Crippen molar-refractivity contribution in [1.29, 1.82) is 0 Å². The van der Waals surface area contributed by atoms with Crippen molar-refractivity contribution in [1.82, 2.24) is 5.32 Å². The maximum atomic E-state index is 5.41. The van der Waals surface area contributed by atoms with Crippen molar-refractivity contribution in [3.8, 4) is 0 Å². The maximum absolute atomic E-state index is 5.41. The lowest BCUT2D eigenvalue weighted by Gasteiger charge is -2.37. The van der Waals surface area contributed by atoms with Gasteiger partial charge in [-0.3, -0.25) is 0 Å². The zero-order valence-electron chi connectivity index (χ0n) is 9.74. The van der Waals surface area contributed by atoms with Gasteiger partial charge >= 0.3 is 0 Å². The van der Waals surface area contributed by atoms with Gasteiger partial charge in [0.25, 0.3) is 0 Å². The third-order valence-electron chi connectivity index (χ3n) is 3.37. The van der Waals surface area contributed by atoms with E-state index in [9.17, 15) is 0 Å². The van der Waals surface area contributed by atoms with E-state index >= 15 is 0 Å². The predicted molar refractivity (Wildman–Crippen MR) is 69.3 cm³/mol. The Bertz CT molecular complexity index is 291. The summed E-state index contributed by atoms with van der Waals surface area (Å²) < 4.78 is 5.41. The van der Waals surface area contributed by atoms with Crippen LogP contribution in [0.2, 0.25) is 0 Å². The number of nitrogens with one attached hydrogen (secondary N) is 1. The van der Waals surface area contributed by atoms with Crippen LogP contribution < -0.4 is 5.32 Å². The molecule has 0 aromatic heterocycles. The number of piperidine rings is 1. The summed E-state index contributed by atoms with van der Waals surface area (Å²) in [6.45, 7) is 3.02. The average molecular weight is 242 g/mol. The summed E-state index contributed by atoms with van der Waals surface area (Å²) in [5.74, 6) is 0. The molecule has 1 aliphatic heterocycles. The van der Waals surface area contributed by atoms with Gasteiger partial charge in [0.2, 0.25) is 0 Å². The number of ether oxygens (including phenoxy) is 1. The van der Waals surface area contributed by atoms with Gasteiger partial charge in [-0.15, -0.1) is 12.4 Å². The smallest absolute Gasteiger partial charge is 0.0560 e. The monoisotopic (exact) mass is 241 g/mol. The van der Waals surface area contributed by atoms with Crippen molar-refractivity contribution in [2.75, 3.05) is 26.8 Å². The molecule has 0 saturated carbocycles. The van der Waals surface area contributed by atoms with E-state index in [1.165, 1.54) is 18.4 Å². The van der Waals surface area contributed by atoms with Crippen molar-refractivity contribution in [3.05, 3.63) is 35.9 Å². The minimum Gasteiger partial charge on any atom is -0.384 e. The van der Waals surface area contributed by atoms with Gasteiger partial charge < -0.3 is 10.1 Å². The number of hydrogen-bond donors (Lipinski definition) is 1. The highest BCUT2D eigenvalue weighted by atomic mass is 35.5. The molecule has 0 aliphatic carbocycles. The fourth-order valence-electron chi connectivity index (χ4n) is 2.49. The second-order valence-electron chi connectivity index (χ2n) is 4.33. The Morgan fingerprint density at radius 2 is 1.81 bits per heavy atom. The number of methoxy groups -OCH3 is 1. The van der Waals surface area contributed by atoms with E-state index in [1.54, 1.807) is 7.11 Å². The molecule has 1 fully saturated rings. The summed E-state index contributed by atoms with van der Waals surface area (Å²) in [6.07, 6.45) is 2.34. The third kappa shape index (κ3) is 2.76. The van der Waals surface area contributed by atoms with Gasteiger partial charge in [-0.05, 0) is 31.5 Å². The quantitative estimate of drug-likeness (QED) is 0.878. The van der Waals surface area contributed by atoms with E-state index in [0.29, 0.717) is 0 Å². The van der Waals surface area contributed by atoms with Gasteiger partial charge in [0.15, 0.2) is 0 Å². The first-order valence-corrected chi connectivity index (χ1v) is 5.63. The molecule has 0 spiro atoms. The molecular weight excluding hydrogens is 222 g/mol. The Balaban J connectivity index is 0.00000128. The molecule has 1 aromatic rings. The summed E-state index contributed by atoms with van der Waals surface area (Å²) in [7, 11) is 1.80. The van der Waals surface area contributed by atoms with E-state index in [0.717, 1.165) is 19.7 Å². The van der Waals surface area contributed by atoms with Gasteiger partial charge in [-0.2, -0.15) is 0 Å². The molecule has 1 aliphatic rings. The Kier molecular flexibility index (Phi) is 5.26. The second kappa shape index (κ2) is 6.24. The standard InChI is InChI=1S/C13H19NO.ClH/c1-15-11-13(7-9-14-10-8-13)12-5-3-2-4-6-12;/h2-6,14H,7-11H2,1H3;1H. The lowest BCUT2D eigenvalue weighted by atomic mass is 9.74. The average Bonchev–Trinajstić information content (AvgIpc) is 2.32. The summed E-state index contributed by atoms with van der Waals surface area (Å²) in [4.78, 5) is 0. The van der Waals surface area contributed by atoms with Crippen LogP contribution in [0.3, 0.4) is 0 Å². The van der Waals surface area contributed by atoms with Crippen molar-refractivity contribution in [2.45, 2.75) is 18.3 Å². The lowest BCUT2D eigenvalue weighted by Crippen LogP contribution is -2.42. The molecule has 0 bridgehead atoms. The highest BCUT2D eigenvalue weighted by Crippen LogP contribution is 2.33. The molecule has 0 unspecified atom stereocenters. The molecule has 90 valence electrons. The largest absolute Gasteiger partial charge is 0.384 e. The lowest BCUT2D eigenvalue weighted by molar-refractivity contribution is 0.108. The van der Waals surface area contributed by atoms with Crippen LogP contribution in [-0.4, -0.2) is 26.8 Å². The van der Waals surface area contributed by atoms with Crippen molar-refractivity contribution in [2.24, 2.45) is 0 Å². The van der Waals surface area contributed by atoms with E-state index in [2.05, 4.69) is 35.6 Å². The Labute approximate surface area is 104 Å². The fraction of sp³-hybridized carbons (Fsp3) is 0.538. The molecule has 16 heavy (non-hydrogen) atoms. The molecule has 2 nitrogen and oxygen atoms in total. The highest BCUT2D eigenvalue weighted by molar-refractivity contribution is 5.85. The van der Waals surface area contributed by atoms with Crippen LogP contribution in [-0.2, 0) is 10.2 Å². The number of halogens is 1. The molecular formula is C13H20ClNO. The Hall–Kier alpha value is -0.570. The van der Waals surface area contributed by atoms with Gasteiger partial charge in [0, 0.05) is 12.5 Å². The molecule has 1 saturated heterocycles. The summed E-state index contributed by atoms with van der Waals surface area (Å²) >= 11 is 0. The Morgan fingerprint density at radius 3 is 2.38 bits per heavy atom. The van der Waals surface area contributed by atoms with Gasteiger partial charge in [0.1, 0.15) is 0 Å². The fourth-order valence-corrected chi connectivity index (χ4v) is 2.49. The van der Waals surface area contributed by atoms with Crippen LogP contribution in [0.1, 0.15) is 18.4 Å². The van der Waals surface area contributed by atoms with Crippen LogP contribution in [0.25, 0.3) is 0 Å². The molecule has 1 N–H and O–H groups in total. The summed E-state index contributed by atoms with van der Waals surface area (Å²) in [6, 6.07) is 10.8. The van der Waals surface area contributed by atoms with Crippen LogP contribution in [0, 0.1) is 0 Å². The number of benzene rings is 1. The van der Waals surface area contributed by atoms with Crippen molar-refractivity contribution in [3.63, 3.8) is 0 Å². The molecule has 0 radical (unpaired) electrons. The zero-order chi connectivity index (χ0) is 10.6. The van der Waals surface area contributed by atoms with E-state index in [4.69, 9.17) is 4.74 Å². The first-order valence-electron chi connectivity index (χ1n) is 5.63. The molecule has 3 heteroatoms. The van der Waals surface area contributed by atoms with Gasteiger partial charge in [0.05, 0.1) is 6.61 Å². The highest BCUT2D eigenvalue weighted by Gasteiger charge is 2.33. The topological polar surface area (TPSA) is 21.3 Å². The van der Waals surface area contributed by atoms with Crippen LogP contribution >= 0.6 is 12.4 Å². The number of hydrogen-bond acceptors (Lipinski definition) is 2. The molecule has 1 heterocycles. The van der Waals surface area contributed by atoms with Crippen LogP contribution in [0.4, 0.5) is 0 Å². The minimum atomic E-state index is 0. The zero-order valence-corrected chi connectivity index (χ0v) is 10.6. The maximum Gasteiger partial charge on any atom is 0.0560 e. The minimum absolute atomic E-state index is 0. The SMILES string of the molecule is COCC1(c2ccccc2)CCNCC1.Cl. The van der Waals surface area contributed by atoms with Crippen molar-refractivity contribution < 1.29 is 4.74 Å². The Morgan fingerprint density at radius 1 is 1.19 bits per heavy atom. The van der Waals surface area contributed by atoms with Crippen LogP contribution in [0.15, 0.2) is 30.3 Å². The first kappa shape index (κ1) is 13.5. The third-order valence-corrected chi connectivity index (χ3v) is 3.37. The van der Waals surface area contributed by atoms with Crippen LogP contribution in [0.5, 0.6) is 0 Å². The molecule has 0 atom stereocenters. The van der Waals surface area contributed by atoms with Gasteiger partial charge in [-0.25, -0.2) is 0 Å². The molecule has 2 rings (SSSR count). The number of rotatable bonds is 3. The summed E-state index contributed by atoms with van der Waals surface area (Å²) in [5, 5.41) is 3.41. The second-order valence-corrected chi connectivity index (χ2v) is 4.33.